The molecule has 5 nitrogen and oxygen atoms in total. The molecule has 2 amide bonds. The summed E-state index contributed by atoms with van der Waals surface area (Å²) in [5.41, 5.74) is -3.66. The van der Waals surface area contributed by atoms with E-state index in [-0.39, 0.29) is 37.4 Å². The van der Waals surface area contributed by atoms with Crippen molar-refractivity contribution in [3.05, 3.63) is 70.5 Å². The van der Waals surface area contributed by atoms with Crippen molar-refractivity contribution in [2.45, 2.75) is 39.7 Å². The van der Waals surface area contributed by atoms with Crippen LogP contribution in [0.1, 0.15) is 47.8 Å². The molecule has 0 saturated carbocycles. The molecule has 12 heteroatoms. The number of nitrogens with zero attached hydrogens (tertiary/aromatic N) is 3. The molecule has 0 radical (unpaired) electrons. The molecule has 1 aliphatic heterocycles. The van der Waals surface area contributed by atoms with Crippen LogP contribution in [0.25, 0.3) is 0 Å². The molecule has 1 heterocycles. The maximum atomic E-state index is 13.3. The van der Waals surface area contributed by atoms with Gasteiger partial charge in [-0.2, -0.15) is 26.3 Å². The number of hydrogen-bond acceptors (Lipinski definition) is 3. The molecule has 2 aromatic carbocycles. The van der Waals surface area contributed by atoms with Crippen LogP contribution < -0.4 is 0 Å². The van der Waals surface area contributed by atoms with Gasteiger partial charge in [0.25, 0.3) is 5.91 Å². The molecular weight excluding hydrogens is 531 g/mol. The smallest absolute Gasteiger partial charge is 0.337 e. The van der Waals surface area contributed by atoms with Gasteiger partial charge in [-0.25, -0.2) is 4.39 Å². The molecule has 3 rings (SSSR count). The van der Waals surface area contributed by atoms with Gasteiger partial charge in [-0.15, -0.1) is 0 Å². The summed E-state index contributed by atoms with van der Waals surface area (Å²) < 4.78 is 92.4. The molecular formula is C27H30F7N3O2. The predicted molar refractivity (Wildman–Crippen MR) is 130 cm³/mol. The molecule has 1 saturated heterocycles. The van der Waals surface area contributed by atoms with Crippen LogP contribution in [0.4, 0.5) is 30.7 Å². The number of carbonyl (C=O) groups is 2. The maximum Gasteiger partial charge on any atom is 0.416 e. The number of alkyl halides is 6. The lowest BCUT2D eigenvalue weighted by Crippen LogP contribution is -2.51. The van der Waals surface area contributed by atoms with Gasteiger partial charge in [0, 0.05) is 56.8 Å². The molecule has 0 atom stereocenters. The first kappa shape index (κ1) is 30.4. The highest BCUT2D eigenvalue weighted by Crippen LogP contribution is 2.36. The minimum absolute atomic E-state index is 0.00864. The predicted octanol–water partition coefficient (Wildman–Crippen LogP) is 5.70. The Labute approximate surface area is 222 Å². The Morgan fingerprint density at radius 2 is 1.33 bits per heavy atom. The minimum Gasteiger partial charge on any atom is -0.337 e. The molecule has 0 N–H and O–H groups in total. The van der Waals surface area contributed by atoms with Crippen molar-refractivity contribution in [2.24, 2.45) is 5.41 Å². The molecule has 1 aliphatic rings. The van der Waals surface area contributed by atoms with Crippen LogP contribution in [-0.4, -0.2) is 65.8 Å². The molecule has 0 unspecified atom stereocenters. The van der Waals surface area contributed by atoms with E-state index in [9.17, 15) is 40.3 Å². The highest BCUT2D eigenvalue weighted by atomic mass is 19.4. The lowest BCUT2D eigenvalue weighted by molar-refractivity contribution is -0.143. The van der Waals surface area contributed by atoms with Crippen LogP contribution in [-0.2, 0) is 23.7 Å². The first-order chi connectivity index (χ1) is 17.9. The van der Waals surface area contributed by atoms with Gasteiger partial charge in [0.2, 0.25) is 5.91 Å². The van der Waals surface area contributed by atoms with Crippen molar-refractivity contribution in [3.8, 4) is 0 Å². The van der Waals surface area contributed by atoms with Crippen molar-refractivity contribution in [2.75, 3.05) is 39.3 Å². The van der Waals surface area contributed by atoms with Crippen LogP contribution >= 0.6 is 0 Å². The van der Waals surface area contributed by atoms with Gasteiger partial charge in [0.1, 0.15) is 5.82 Å². The second-order valence-corrected chi connectivity index (χ2v) is 10.5. The lowest BCUT2D eigenvalue weighted by Gasteiger charge is -2.37. The lowest BCUT2D eigenvalue weighted by atomic mass is 9.94. The zero-order chi connectivity index (χ0) is 29.2. The highest BCUT2D eigenvalue weighted by Gasteiger charge is 2.38. The van der Waals surface area contributed by atoms with Crippen LogP contribution in [0, 0.1) is 11.2 Å². The second-order valence-electron chi connectivity index (χ2n) is 10.5. The Bertz CT molecular complexity index is 1130. The summed E-state index contributed by atoms with van der Waals surface area (Å²) >= 11 is 0. The molecule has 0 bridgehead atoms. The van der Waals surface area contributed by atoms with E-state index in [0.29, 0.717) is 38.3 Å². The van der Waals surface area contributed by atoms with Crippen LogP contribution in [0.15, 0.2) is 42.5 Å². The fraction of sp³-hybridized carbons (Fsp3) is 0.481. The van der Waals surface area contributed by atoms with E-state index in [1.165, 1.54) is 17.0 Å². The number of carbonyl (C=O) groups excluding carboxylic acids is 2. The number of benzene rings is 2. The quantitative estimate of drug-likeness (QED) is 0.426. The zero-order valence-corrected chi connectivity index (χ0v) is 21.8. The monoisotopic (exact) mass is 561 g/mol. The number of piperazine rings is 1. The molecule has 214 valence electrons. The first-order valence-electron chi connectivity index (χ1n) is 12.3. The Hall–Kier alpha value is -3.15. The zero-order valence-electron chi connectivity index (χ0n) is 21.8. The van der Waals surface area contributed by atoms with Gasteiger partial charge >= 0.3 is 12.4 Å². The molecule has 0 aromatic heterocycles. The third-order valence-electron chi connectivity index (χ3n) is 6.40. The third kappa shape index (κ3) is 8.17. The Balaban J connectivity index is 1.65. The second kappa shape index (κ2) is 11.5. The van der Waals surface area contributed by atoms with Crippen molar-refractivity contribution < 1.29 is 40.3 Å². The Kier molecular flexibility index (Phi) is 8.99. The van der Waals surface area contributed by atoms with E-state index in [2.05, 4.69) is 0 Å². The highest BCUT2D eigenvalue weighted by molar-refractivity contribution is 5.94. The average molecular weight is 562 g/mol. The molecule has 0 spiro atoms. The normalized spacial score (nSPS) is 15.4. The van der Waals surface area contributed by atoms with E-state index in [0.717, 1.165) is 5.56 Å². The Morgan fingerprint density at radius 3 is 1.79 bits per heavy atom. The molecule has 2 aromatic rings. The fourth-order valence-electron chi connectivity index (χ4n) is 4.23. The summed E-state index contributed by atoms with van der Waals surface area (Å²) in [4.78, 5) is 30.7. The van der Waals surface area contributed by atoms with Gasteiger partial charge in [0.05, 0.1) is 11.1 Å². The Morgan fingerprint density at radius 1 is 0.821 bits per heavy atom. The van der Waals surface area contributed by atoms with Crippen LogP contribution in [0.3, 0.4) is 0 Å². The SMILES string of the molecule is CC(C)(C)C(=O)N(CCN1CCN(C(=O)c2cc(C(F)(F)F)cc(C(F)(F)F)c2)CC1)Cc1ccc(F)cc1. The number of amides is 2. The van der Waals surface area contributed by atoms with Crippen molar-refractivity contribution in [1.29, 1.82) is 0 Å². The van der Waals surface area contributed by atoms with Crippen molar-refractivity contribution >= 4 is 11.8 Å². The van der Waals surface area contributed by atoms with Gasteiger partial charge in [-0.05, 0) is 35.9 Å². The summed E-state index contributed by atoms with van der Waals surface area (Å²) in [5.74, 6) is -1.41. The van der Waals surface area contributed by atoms with Gasteiger partial charge in [0.15, 0.2) is 0 Å². The van der Waals surface area contributed by atoms with Gasteiger partial charge in [-0.3, -0.25) is 14.5 Å². The summed E-state index contributed by atoms with van der Waals surface area (Å²) in [7, 11) is 0. The molecule has 1 fully saturated rings. The van der Waals surface area contributed by atoms with E-state index < -0.39 is 40.4 Å². The van der Waals surface area contributed by atoms with E-state index in [1.807, 2.05) is 4.90 Å². The topological polar surface area (TPSA) is 43.9 Å². The summed E-state index contributed by atoms with van der Waals surface area (Å²) in [6, 6.07) is 6.69. The molecule has 0 aliphatic carbocycles. The van der Waals surface area contributed by atoms with Gasteiger partial charge < -0.3 is 9.80 Å². The number of hydrogen-bond donors (Lipinski definition) is 0. The summed E-state index contributed by atoms with van der Waals surface area (Å²) in [5, 5.41) is 0. The van der Waals surface area contributed by atoms with Crippen molar-refractivity contribution in [1.82, 2.24) is 14.7 Å². The van der Waals surface area contributed by atoms with Gasteiger partial charge in [-0.1, -0.05) is 32.9 Å². The average Bonchev–Trinajstić information content (AvgIpc) is 2.85. The first-order valence-corrected chi connectivity index (χ1v) is 12.3. The standard InChI is InChI=1S/C27H30F7N3O2/c1-25(2,3)24(39)37(17-18-4-6-22(28)7-5-18)13-10-35-8-11-36(12-9-35)23(38)19-14-20(26(29,30)31)16-21(15-19)27(32,33)34/h4-7,14-16H,8-13,17H2,1-3H3. The van der Waals surface area contributed by atoms with E-state index >= 15 is 0 Å². The number of halogens is 7. The van der Waals surface area contributed by atoms with Crippen LogP contribution in [0.2, 0.25) is 0 Å². The summed E-state index contributed by atoms with van der Waals surface area (Å²) in [6.45, 7) is 7.25. The van der Waals surface area contributed by atoms with Crippen molar-refractivity contribution in [3.63, 3.8) is 0 Å². The fourth-order valence-corrected chi connectivity index (χ4v) is 4.23. The maximum absolute atomic E-state index is 13.3. The summed E-state index contributed by atoms with van der Waals surface area (Å²) in [6.07, 6.45) is -10.1. The third-order valence-corrected chi connectivity index (χ3v) is 6.40. The van der Waals surface area contributed by atoms with Crippen LogP contribution in [0.5, 0.6) is 0 Å². The van der Waals surface area contributed by atoms with E-state index in [1.54, 1.807) is 37.8 Å². The largest absolute Gasteiger partial charge is 0.416 e. The minimum atomic E-state index is -5.04. The van der Waals surface area contributed by atoms with E-state index in [4.69, 9.17) is 0 Å². The number of rotatable bonds is 6. The molecule has 39 heavy (non-hydrogen) atoms.